The van der Waals surface area contributed by atoms with E-state index >= 15 is 4.39 Å². The average molecular weight is 615 g/mol. The quantitative estimate of drug-likeness (QED) is 0.130. The van der Waals surface area contributed by atoms with Gasteiger partial charge in [0.1, 0.15) is 17.1 Å². The van der Waals surface area contributed by atoms with Gasteiger partial charge in [-0.15, -0.1) is 0 Å². The molecule has 0 unspecified atom stereocenters. The van der Waals surface area contributed by atoms with Crippen molar-refractivity contribution in [2.45, 2.75) is 56.0 Å². The van der Waals surface area contributed by atoms with Crippen LogP contribution in [0.5, 0.6) is 5.75 Å². The Hall–Kier alpha value is -3.63. The fourth-order valence-electron chi connectivity index (χ4n) is 3.98. The molecule has 0 bridgehead atoms. The van der Waals surface area contributed by atoms with Crippen molar-refractivity contribution < 1.29 is 53.5 Å². The van der Waals surface area contributed by atoms with Crippen LogP contribution in [0.3, 0.4) is 0 Å². The van der Waals surface area contributed by atoms with Crippen LogP contribution >= 0.6 is 0 Å². The molecule has 0 spiro atoms. The Morgan fingerprint density at radius 2 is 1.88 bits per heavy atom. The van der Waals surface area contributed by atoms with E-state index in [2.05, 4.69) is 5.32 Å². The Labute approximate surface area is 229 Å². The van der Waals surface area contributed by atoms with Crippen LogP contribution < -0.4 is 20.1 Å². The minimum atomic E-state index is -5.42. The minimum absolute atomic E-state index is 0.0771. The van der Waals surface area contributed by atoms with Crippen molar-refractivity contribution >= 4 is 27.5 Å². The fraction of sp³-hybridized carbons (Fsp3) is 0.458. The van der Waals surface area contributed by atoms with Crippen molar-refractivity contribution in [3.05, 3.63) is 53.0 Å². The van der Waals surface area contributed by atoms with Crippen molar-refractivity contribution in [1.82, 2.24) is 15.4 Å². The summed E-state index contributed by atoms with van der Waals surface area (Å²) < 4.78 is 126. The number of amides is 2. The molecule has 226 valence electrons. The largest absolute Gasteiger partial charge is 0.493 e. The van der Waals surface area contributed by atoms with Gasteiger partial charge in [-0.05, 0) is 49.2 Å². The molecule has 0 radical (unpaired) electrons. The lowest BCUT2D eigenvalue weighted by atomic mass is 9.76. The van der Waals surface area contributed by atoms with Gasteiger partial charge in [0.2, 0.25) is 10.0 Å². The monoisotopic (exact) mass is 614 g/mol. The van der Waals surface area contributed by atoms with Crippen molar-refractivity contribution in [3.63, 3.8) is 0 Å². The number of hydrogen-bond acceptors (Lipinski definition) is 7. The third kappa shape index (κ3) is 8.20. The van der Waals surface area contributed by atoms with Crippen molar-refractivity contribution in [2.75, 3.05) is 12.9 Å². The first-order valence-corrected chi connectivity index (χ1v) is 13.9. The number of alkyl halides is 6. The van der Waals surface area contributed by atoms with E-state index in [1.165, 1.54) is 10.9 Å². The maximum absolute atomic E-state index is 15.2. The molecule has 41 heavy (non-hydrogen) atoms. The molecule has 1 saturated carbocycles. The summed E-state index contributed by atoms with van der Waals surface area (Å²) in [5.74, 6) is -5.23. The summed E-state index contributed by atoms with van der Waals surface area (Å²) in [6.45, 7) is -0.510. The molecule has 3 rings (SSSR count). The van der Waals surface area contributed by atoms with E-state index in [0.717, 1.165) is 25.0 Å². The van der Waals surface area contributed by atoms with Crippen LogP contribution in [0, 0.1) is 11.2 Å². The molecule has 17 heteroatoms. The first-order chi connectivity index (χ1) is 18.8. The standard InChI is InChI=1S/C24H25F7N4O5S/c1-41(38,39)35-21(37)19-15(18(32)7-9-33-13-3-4-13)12-22(24(29,30)31,34-20(19)36)16-6-5-14(11-17(16)25)40-10-2-8-23(26,27)28/h5-7,9,11,13,32-33H,2-4,8,10,12H2,1H3,(H,34,36)(H,35,37)/b9-7-,32-18?/t22-/m0/s1. The van der Waals surface area contributed by atoms with Crippen LogP contribution in [0.15, 0.2) is 41.6 Å². The molecular weight excluding hydrogens is 589 g/mol. The van der Waals surface area contributed by atoms with Crippen molar-refractivity contribution in [1.29, 1.82) is 5.41 Å². The number of halogens is 7. The zero-order chi connectivity index (χ0) is 30.8. The number of hydrogen-bond donors (Lipinski definition) is 4. The number of nitrogens with one attached hydrogen (secondary N) is 4. The Kier molecular flexibility index (Phi) is 9.10. The minimum Gasteiger partial charge on any atom is -0.493 e. The highest BCUT2D eigenvalue weighted by atomic mass is 32.2. The molecule has 1 aliphatic carbocycles. The normalized spacial score (nSPS) is 20.1. The SMILES string of the molecule is CS(=O)(=O)NC(=O)C1=C(C(=N)/C=C\NC2CC2)C[C@](c2ccc(OCCCC(F)(F)F)cc2F)(C(F)(F)F)NC1=O. The third-order valence-corrected chi connectivity index (χ3v) is 6.60. The number of rotatable bonds is 11. The molecule has 1 fully saturated rings. The van der Waals surface area contributed by atoms with E-state index in [-0.39, 0.29) is 11.8 Å². The number of carbonyl (C=O) groups is 2. The maximum Gasteiger partial charge on any atom is 0.416 e. The first-order valence-electron chi connectivity index (χ1n) is 12.0. The predicted molar refractivity (Wildman–Crippen MR) is 131 cm³/mol. The number of benzene rings is 1. The summed E-state index contributed by atoms with van der Waals surface area (Å²) >= 11 is 0. The maximum atomic E-state index is 15.2. The van der Waals surface area contributed by atoms with Gasteiger partial charge in [0.15, 0.2) is 5.54 Å². The Balaban J connectivity index is 2.03. The topological polar surface area (TPSA) is 137 Å². The molecule has 0 saturated heterocycles. The second-order valence-corrected chi connectivity index (χ2v) is 11.2. The highest BCUT2D eigenvalue weighted by molar-refractivity contribution is 7.89. The third-order valence-electron chi connectivity index (χ3n) is 6.04. The molecule has 2 aliphatic rings. The summed E-state index contributed by atoms with van der Waals surface area (Å²) in [6, 6.07) is 2.07. The fourth-order valence-corrected chi connectivity index (χ4v) is 4.42. The summed E-state index contributed by atoms with van der Waals surface area (Å²) in [7, 11) is -4.28. The zero-order valence-corrected chi connectivity index (χ0v) is 22.1. The highest BCUT2D eigenvalue weighted by Gasteiger charge is 2.61. The molecule has 1 heterocycles. The van der Waals surface area contributed by atoms with E-state index in [9.17, 15) is 44.3 Å². The van der Waals surface area contributed by atoms with Crippen LogP contribution in [0.25, 0.3) is 0 Å². The molecule has 0 aromatic heterocycles. The van der Waals surface area contributed by atoms with Crippen LogP contribution in [0.1, 0.15) is 37.7 Å². The van der Waals surface area contributed by atoms with Gasteiger partial charge < -0.3 is 20.8 Å². The van der Waals surface area contributed by atoms with E-state index in [1.807, 2.05) is 0 Å². The first kappa shape index (κ1) is 31.9. The van der Waals surface area contributed by atoms with Gasteiger partial charge in [0, 0.05) is 30.5 Å². The van der Waals surface area contributed by atoms with Crippen LogP contribution in [-0.2, 0) is 25.2 Å². The Bertz CT molecular complexity index is 1390. The van der Waals surface area contributed by atoms with E-state index in [1.54, 1.807) is 5.32 Å². The molecule has 2 amide bonds. The molecule has 1 aromatic carbocycles. The Morgan fingerprint density at radius 3 is 2.41 bits per heavy atom. The van der Waals surface area contributed by atoms with Gasteiger partial charge in [-0.1, -0.05) is 0 Å². The number of sulfonamides is 1. The summed E-state index contributed by atoms with van der Waals surface area (Å²) in [5.41, 5.74) is -7.29. The molecule has 1 atom stereocenters. The molecular formula is C24H25F7N4O5S. The zero-order valence-electron chi connectivity index (χ0n) is 21.3. The molecule has 1 aromatic rings. The molecule has 9 nitrogen and oxygen atoms in total. The van der Waals surface area contributed by atoms with Gasteiger partial charge in [-0.25, -0.2) is 17.5 Å². The highest BCUT2D eigenvalue weighted by Crippen LogP contribution is 2.47. The summed E-state index contributed by atoms with van der Waals surface area (Å²) in [4.78, 5) is 25.6. The van der Waals surface area contributed by atoms with Crippen LogP contribution in [0.2, 0.25) is 0 Å². The van der Waals surface area contributed by atoms with Crippen LogP contribution in [0.4, 0.5) is 30.7 Å². The smallest absolute Gasteiger partial charge is 0.416 e. The van der Waals surface area contributed by atoms with Gasteiger partial charge >= 0.3 is 12.4 Å². The number of carbonyl (C=O) groups excluding carboxylic acids is 2. The summed E-state index contributed by atoms with van der Waals surface area (Å²) in [5, 5.41) is 12.7. The van der Waals surface area contributed by atoms with E-state index in [0.29, 0.717) is 18.4 Å². The van der Waals surface area contributed by atoms with Gasteiger partial charge in [-0.2, -0.15) is 26.3 Å². The van der Waals surface area contributed by atoms with Crippen molar-refractivity contribution in [3.8, 4) is 5.75 Å². The Morgan fingerprint density at radius 1 is 1.22 bits per heavy atom. The van der Waals surface area contributed by atoms with Gasteiger partial charge in [0.25, 0.3) is 11.8 Å². The second kappa shape index (κ2) is 11.7. The average Bonchev–Trinajstić information content (AvgIpc) is 3.63. The molecule has 1 aliphatic heterocycles. The van der Waals surface area contributed by atoms with E-state index < -0.39 is 93.8 Å². The lowest BCUT2D eigenvalue weighted by Crippen LogP contribution is -2.61. The summed E-state index contributed by atoms with van der Waals surface area (Å²) in [6.07, 6.45) is -8.54. The van der Waals surface area contributed by atoms with Gasteiger partial charge in [0.05, 0.1) is 18.6 Å². The number of ether oxygens (including phenoxy) is 1. The predicted octanol–water partition coefficient (Wildman–Crippen LogP) is 3.48. The van der Waals surface area contributed by atoms with Crippen molar-refractivity contribution in [2.24, 2.45) is 0 Å². The lowest BCUT2D eigenvalue weighted by Gasteiger charge is -2.41. The second-order valence-electron chi connectivity index (χ2n) is 9.49. The molecule has 4 N–H and O–H groups in total. The van der Waals surface area contributed by atoms with Crippen LogP contribution in [-0.4, -0.2) is 57.2 Å². The van der Waals surface area contributed by atoms with E-state index in [4.69, 9.17) is 10.1 Å². The lowest BCUT2D eigenvalue weighted by molar-refractivity contribution is -0.203. The van der Waals surface area contributed by atoms with Gasteiger partial charge in [-0.3, -0.25) is 9.59 Å². The number of allylic oxidation sites excluding steroid dienone is 1.